The van der Waals surface area contributed by atoms with Crippen LogP contribution in [0.15, 0.2) is 91.4 Å². The summed E-state index contributed by atoms with van der Waals surface area (Å²) in [5.41, 5.74) is 7.54. The number of rotatable bonds is 4. The first kappa shape index (κ1) is 20.8. The van der Waals surface area contributed by atoms with Crippen molar-refractivity contribution < 1.29 is 14.7 Å². The van der Waals surface area contributed by atoms with Crippen LogP contribution in [0.5, 0.6) is 5.75 Å². The van der Waals surface area contributed by atoms with Crippen LogP contribution in [0.3, 0.4) is 0 Å². The normalized spacial score (nSPS) is 10.7. The van der Waals surface area contributed by atoms with E-state index in [1.807, 2.05) is 30.3 Å². The molecule has 0 unspecified atom stereocenters. The molecule has 3 aromatic heterocycles. The Bertz CT molecular complexity index is 1500. The maximum atomic E-state index is 13.0. The van der Waals surface area contributed by atoms with Crippen molar-refractivity contribution in [2.75, 3.05) is 0 Å². The number of hydrogen-bond acceptors (Lipinski definition) is 6. The molecule has 34 heavy (non-hydrogen) atoms. The molecule has 0 atom stereocenters. The van der Waals surface area contributed by atoms with Crippen LogP contribution in [-0.4, -0.2) is 36.7 Å². The van der Waals surface area contributed by atoms with Crippen molar-refractivity contribution in [3.8, 4) is 22.7 Å². The van der Waals surface area contributed by atoms with Crippen LogP contribution in [0.25, 0.3) is 27.8 Å². The molecule has 0 aliphatic rings. The molecular formula is C25H18N6O3. The Morgan fingerprint density at radius 3 is 2.35 bits per heavy atom. The summed E-state index contributed by atoms with van der Waals surface area (Å²) >= 11 is 0. The summed E-state index contributed by atoms with van der Waals surface area (Å²) < 4.78 is 1.38. The highest BCUT2D eigenvalue weighted by atomic mass is 16.3. The van der Waals surface area contributed by atoms with Gasteiger partial charge in [0.15, 0.2) is 11.4 Å². The highest BCUT2D eigenvalue weighted by molar-refractivity contribution is 6.08. The number of fused-ring (bicyclic) bond motifs is 1. The summed E-state index contributed by atoms with van der Waals surface area (Å²) in [4.78, 5) is 34.3. The minimum absolute atomic E-state index is 0.221. The zero-order chi connectivity index (χ0) is 23.5. The Morgan fingerprint density at radius 2 is 1.56 bits per heavy atom. The number of pyridine rings is 2. The van der Waals surface area contributed by atoms with E-state index in [1.54, 1.807) is 54.9 Å². The lowest BCUT2D eigenvalue weighted by Gasteiger charge is -2.11. The molecule has 5 rings (SSSR count). The van der Waals surface area contributed by atoms with Crippen molar-refractivity contribution in [3.05, 3.63) is 103 Å². The van der Waals surface area contributed by atoms with E-state index < -0.39 is 11.8 Å². The van der Waals surface area contributed by atoms with Gasteiger partial charge in [-0.05, 0) is 36.4 Å². The predicted molar refractivity (Wildman–Crippen MR) is 125 cm³/mol. The van der Waals surface area contributed by atoms with Crippen LogP contribution in [0.1, 0.15) is 20.8 Å². The first-order valence-electron chi connectivity index (χ1n) is 10.3. The number of amides is 2. The fourth-order valence-corrected chi connectivity index (χ4v) is 3.51. The van der Waals surface area contributed by atoms with Gasteiger partial charge in [-0.1, -0.05) is 36.4 Å². The predicted octanol–water partition coefficient (Wildman–Crippen LogP) is 3.26. The molecule has 0 radical (unpaired) electrons. The summed E-state index contributed by atoms with van der Waals surface area (Å²) in [5.74, 6) is -1.61. The van der Waals surface area contributed by atoms with E-state index in [1.165, 1.54) is 10.9 Å². The number of nitrogens with zero attached hydrogens (tertiary/aromatic N) is 4. The number of para-hydroxylation sites is 2. The number of aromatic nitrogens is 4. The molecule has 5 aromatic rings. The third kappa shape index (κ3) is 4.05. The molecule has 9 nitrogen and oxygen atoms in total. The van der Waals surface area contributed by atoms with E-state index in [-0.39, 0.29) is 11.4 Å². The quantitative estimate of drug-likeness (QED) is 0.361. The van der Waals surface area contributed by atoms with Crippen molar-refractivity contribution in [1.82, 2.24) is 30.6 Å². The fraction of sp³-hybridized carbons (Fsp3) is 0. The third-order valence-corrected chi connectivity index (χ3v) is 5.16. The molecule has 3 N–H and O–H groups in total. The molecule has 0 aliphatic carbocycles. The monoisotopic (exact) mass is 450 g/mol. The zero-order valence-electron chi connectivity index (χ0n) is 17.7. The highest BCUT2D eigenvalue weighted by Crippen LogP contribution is 2.24. The molecule has 0 fully saturated rings. The van der Waals surface area contributed by atoms with Gasteiger partial charge in [-0.3, -0.25) is 25.4 Å². The average Bonchev–Trinajstić information content (AvgIpc) is 3.29. The molecule has 2 aromatic carbocycles. The summed E-state index contributed by atoms with van der Waals surface area (Å²) in [5, 5.41) is 14.9. The van der Waals surface area contributed by atoms with Gasteiger partial charge in [-0.15, -0.1) is 0 Å². The lowest BCUT2D eigenvalue weighted by Crippen LogP contribution is -2.42. The SMILES string of the molecule is O=C(NNC(=O)c1cc(-c2ccncc2)nc2ccccc12)c1nn(-c2ccccc2)cc1O. The van der Waals surface area contributed by atoms with Crippen molar-refractivity contribution in [1.29, 1.82) is 0 Å². The molecule has 0 saturated carbocycles. The first-order chi connectivity index (χ1) is 16.6. The second-order valence-electron chi connectivity index (χ2n) is 7.36. The van der Waals surface area contributed by atoms with E-state index in [0.717, 1.165) is 5.56 Å². The maximum absolute atomic E-state index is 13.0. The number of nitrogens with one attached hydrogen (secondary N) is 2. The Balaban J connectivity index is 1.39. The van der Waals surface area contributed by atoms with Gasteiger partial charge >= 0.3 is 0 Å². The Morgan fingerprint density at radius 1 is 0.853 bits per heavy atom. The van der Waals surface area contributed by atoms with Crippen LogP contribution >= 0.6 is 0 Å². The van der Waals surface area contributed by atoms with Gasteiger partial charge in [0.1, 0.15) is 0 Å². The third-order valence-electron chi connectivity index (χ3n) is 5.16. The number of hydrogen-bond donors (Lipinski definition) is 3. The second kappa shape index (κ2) is 8.83. The number of carbonyl (C=O) groups is 2. The van der Waals surface area contributed by atoms with Crippen molar-refractivity contribution in [2.24, 2.45) is 0 Å². The van der Waals surface area contributed by atoms with E-state index in [2.05, 4.69) is 25.9 Å². The molecule has 166 valence electrons. The maximum Gasteiger partial charge on any atom is 0.294 e. The van der Waals surface area contributed by atoms with Gasteiger partial charge < -0.3 is 5.11 Å². The summed E-state index contributed by atoms with van der Waals surface area (Å²) in [6.45, 7) is 0. The zero-order valence-corrected chi connectivity index (χ0v) is 17.7. The molecule has 3 heterocycles. The van der Waals surface area contributed by atoms with Crippen LogP contribution in [0.2, 0.25) is 0 Å². The standard InChI is InChI=1S/C25H18N6O3/c32-22-15-31(17-6-2-1-3-7-17)30-23(22)25(34)29-28-24(33)19-14-21(16-10-12-26-13-11-16)27-20-9-5-4-8-18(19)20/h1-15,32H,(H,28,33)(H,29,34). The highest BCUT2D eigenvalue weighted by Gasteiger charge is 2.19. The Labute approximate surface area is 193 Å². The van der Waals surface area contributed by atoms with E-state index >= 15 is 0 Å². The minimum Gasteiger partial charge on any atom is -0.504 e. The van der Waals surface area contributed by atoms with Gasteiger partial charge in [-0.2, -0.15) is 5.10 Å². The second-order valence-corrected chi connectivity index (χ2v) is 7.36. The van der Waals surface area contributed by atoms with Crippen LogP contribution < -0.4 is 10.9 Å². The molecule has 9 heteroatoms. The fourth-order valence-electron chi connectivity index (χ4n) is 3.51. The topological polar surface area (TPSA) is 122 Å². The molecule has 0 spiro atoms. The minimum atomic E-state index is -0.756. The Kier molecular flexibility index (Phi) is 5.41. The van der Waals surface area contributed by atoms with Gasteiger partial charge in [0.05, 0.1) is 28.7 Å². The van der Waals surface area contributed by atoms with Gasteiger partial charge in [-0.25, -0.2) is 9.67 Å². The van der Waals surface area contributed by atoms with Crippen molar-refractivity contribution in [3.63, 3.8) is 0 Å². The molecule has 0 saturated heterocycles. The molecular weight excluding hydrogens is 432 g/mol. The summed E-state index contributed by atoms with van der Waals surface area (Å²) in [6, 6.07) is 21.5. The summed E-state index contributed by atoms with van der Waals surface area (Å²) in [7, 11) is 0. The summed E-state index contributed by atoms with van der Waals surface area (Å²) in [6.07, 6.45) is 4.61. The van der Waals surface area contributed by atoms with Gasteiger partial charge in [0.25, 0.3) is 11.8 Å². The van der Waals surface area contributed by atoms with Gasteiger partial charge in [0.2, 0.25) is 0 Å². The van der Waals surface area contributed by atoms with Crippen LogP contribution in [0.4, 0.5) is 0 Å². The van der Waals surface area contributed by atoms with Crippen molar-refractivity contribution in [2.45, 2.75) is 0 Å². The molecule has 2 amide bonds. The largest absolute Gasteiger partial charge is 0.504 e. The van der Waals surface area contributed by atoms with Crippen LogP contribution in [-0.2, 0) is 0 Å². The van der Waals surface area contributed by atoms with Crippen molar-refractivity contribution >= 4 is 22.7 Å². The Hall–Kier alpha value is -5.05. The van der Waals surface area contributed by atoms with Gasteiger partial charge in [0, 0.05) is 23.3 Å². The number of carbonyl (C=O) groups excluding carboxylic acids is 2. The van der Waals surface area contributed by atoms with E-state index in [4.69, 9.17) is 0 Å². The number of aromatic hydroxyl groups is 1. The number of hydrazine groups is 1. The van der Waals surface area contributed by atoms with E-state index in [9.17, 15) is 14.7 Å². The molecule has 0 aliphatic heterocycles. The van der Waals surface area contributed by atoms with Crippen LogP contribution in [0, 0.1) is 0 Å². The first-order valence-corrected chi connectivity index (χ1v) is 10.3. The number of benzene rings is 2. The lowest BCUT2D eigenvalue weighted by atomic mass is 10.0. The molecule has 0 bridgehead atoms. The smallest absolute Gasteiger partial charge is 0.294 e. The average molecular weight is 450 g/mol. The van der Waals surface area contributed by atoms with E-state index in [0.29, 0.717) is 27.8 Å². The lowest BCUT2D eigenvalue weighted by molar-refractivity contribution is 0.0843.